The van der Waals surface area contributed by atoms with Crippen LogP contribution in [0.25, 0.3) is 0 Å². The Balaban J connectivity index is 2.65. The Morgan fingerprint density at radius 3 is 2.59 bits per heavy atom. The number of aliphatic hydroxyl groups is 1. The van der Waals surface area contributed by atoms with Gasteiger partial charge >= 0.3 is 0 Å². The van der Waals surface area contributed by atoms with Crippen molar-refractivity contribution in [3.8, 4) is 0 Å². The first-order chi connectivity index (χ1) is 7.74. The quantitative estimate of drug-likeness (QED) is 0.896. The maximum Gasteiger partial charge on any atom is 0.253 e. The molecule has 0 aromatic carbocycles. The van der Waals surface area contributed by atoms with Gasteiger partial charge in [-0.05, 0) is 18.9 Å². The Hall–Kier alpha value is -0.290. The first-order valence-corrected chi connectivity index (χ1v) is 6.76. The molecule has 0 spiro atoms. The van der Waals surface area contributed by atoms with E-state index >= 15 is 0 Å². The van der Waals surface area contributed by atoms with Crippen molar-refractivity contribution in [2.24, 2.45) is 5.92 Å². The van der Waals surface area contributed by atoms with Crippen molar-refractivity contribution >= 4 is 40.4 Å². The summed E-state index contributed by atoms with van der Waals surface area (Å²) in [6.45, 7) is 5.63. The van der Waals surface area contributed by atoms with Gasteiger partial charge in [-0.25, -0.2) is 0 Å². The SMILES string of the molecule is CC(C)C(C)(O)CNC(=O)c1cc(Cl)sc1Cl. The zero-order valence-corrected chi connectivity index (χ0v) is 12.2. The van der Waals surface area contributed by atoms with E-state index in [4.69, 9.17) is 23.2 Å². The van der Waals surface area contributed by atoms with Crippen LogP contribution in [0, 0.1) is 5.92 Å². The Morgan fingerprint density at radius 1 is 1.59 bits per heavy atom. The number of halogens is 2. The average molecular weight is 296 g/mol. The van der Waals surface area contributed by atoms with Crippen LogP contribution < -0.4 is 5.32 Å². The van der Waals surface area contributed by atoms with Gasteiger partial charge in [-0.1, -0.05) is 37.0 Å². The molecule has 1 rings (SSSR count). The van der Waals surface area contributed by atoms with Gasteiger partial charge in [0.25, 0.3) is 5.91 Å². The van der Waals surface area contributed by atoms with Gasteiger partial charge in [-0.3, -0.25) is 4.79 Å². The highest BCUT2D eigenvalue weighted by atomic mass is 35.5. The van der Waals surface area contributed by atoms with E-state index in [2.05, 4.69) is 5.32 Å². The van der Waals surface area contributed by atoms with E-state index in [1.165, 1.54) is 6.07 Å². The van der Waals surface area contributed by atoms with Crippen molar-refractivity contribution in [1.82, 2.24) is 5.32 Å². The maximum atomic E-state index is 11.8. The lowest BCUT2D eigenvalue weighted by molar-refractivity contribution is 0.0142. The minimum Gasteiger partial charge on any atom is -0.388 e. The molecular formula is C11H15Cl2NO2S. The third-order valence-corrected chi connectivity index (χ3v) is 4.24. The topological polar surface area (TPSA) is 49.3 Å². The summed E-state index contributed by atoms with van der Waals surface area (Å²) in [5, 5.41) is 12.6. The van der Waals surface area contributed by atoms with Gasteiger partial charge in [0, 0.05) is 6.54 Å². The summed E-state index contributed by atoms with van der Waals surface area (Å²) in [6, 6.07) is 1.52. The minimum absolute atomic E-state index is 0.0457. The monoisotopic (exact) mass is 295 g/mol. The zero-order valence-electron chi connectivity index (χ0n) is 9.88. The second-order valence-corrected chi connectivity index (χ2v) is 6.72. The Labute approximate surface area is 115 Å². The summed E-state index contributed by atoms with van der Waals surface area (Å²) >= 11 is 12.8. The molecule has 1 unspecified atom stereocenters. The molecule has 1 atom stereocenters. The fourth-order valence-corrected chi connectivity index (χ4v) is 2.51. The first kappa shape index (κ1) is 14.8. The molecule has 1 amide bonds. The van der Waals surface area contributed by atoms with Crippen LogP contribution in [0.2, 0.25) is 8.67 Å². The lowest BCUT2D eigenvalue weighted by Gasteiger charge is -2.27. The van der Waals surface area contributed by atoms with E-state index in [1.54, 1.807) is 6.92 Å². The molecule has 96 valence electrons. The molecule has 0 aliphatic heterocycles. The van der Waals surface area contributed by atoms with Gasteiger partial charge in [-0.15, -0.1) is 11.3 Å². The summed E-state index contributed by atoms with van der Waals surface area (Å²) in [5.74, 6) is -0.275. The molecule has 0 bridgehead atoms. The molecule has 3 nitrogen and oxygen atoms in total. The Kier molecular flexibility index (Phi) is 4.84. The van der Waals surface area contributed by atoms with E-state index < -0.39 is 5.60 Å². The van der Waals surface area contributed by atoms with Crippen molar-refractivity contribution in [3.63, 3.8) is 0 Å². The minimum atomic E-state index is -0.943. The van der Waals surface area contributed by atoms with Gasteiger partial charge in [0.05, 0.1) is 15.5 Å². The predicted molar refractivity (Wildman–Crippen MR) is 72.1 cm³/mol. The third-order valence-electron chi connectivity index (χ3n) is 2.75. The number of amides is 1. The van der Waals surface area contributed by atoms with Crippen LogP contribution in [0.4, 0.5) is 0 Å². The predicted octanol–water partition coefficient (Wildman–Crippen LogP) is 3.19. The second-order valence-electron chi connectivity index (χ2n) is 4.43. The van der Waals surface area contributed by atoms with Crippen molar-refractivity contribution in [3.05, 3.63) is 20.3 Å². The molecule has 1 heterocycles. The lowest BCUT2D eigenvalue weighted by Crippen LogP contribution is -2.44. The summed E-state index contributed by atoms with van der Waals surface area (Å²) in [6.07, 6.45) is 0. The summed E-state index contributed by atoms with van der Waals surface area (Å²) in [5.41, 5.74) is -0.594. The number of rotatable bonds is 4. The fraction of sp³-hybridized carbons (Fsp3) is 0.545. The summed E-state index contributed by atoms with van der Waals surface area (Å²) < 4.78 is 0.826. The highest BCUT2D eigenvalue weighted by Crippen LogP contribution is 2.31. The van der Waals surface area contributed by atoms with Gasteiger partial charge in [-0.2, -0.15) is 0 Å². The van der Waals surface area contributed by atoms with Gasteiger partial charge in [0.2, 0.25) is 0 Å². The normalized spacial score (nSPS) is 14.8. The van der Waals surface area contributed by atoms with Crippen LogP contribution in [-0.4, -0.2) is 23.2 Å². The number of carbonyl (C=O) groups excluding carboxylic acids is 1. The van der Waals surface area contributed by atoms with Gasteiger partial charge in [0.1, 0.15) is 4.34 Å². The maximum absolute atomic E-state index is 11.8. The molecular weight excluding hydrogens is 281 g/mol. The standard InChI is InChI=1S/C11H15Cl2NO2S/c1-6(2)11(3,16)5-14-10(15)7-4-8(12)17-9(7)13/h4,6,16H,5H2,1-3H3,(H,14,15). The number of carbonyl (C=O) groups is 1. The van der Waals surface area contributed by atoms with Crippen molar-refractivity contribution < 1.29 is 9.90 Å². The Morgan fingerprint density at radius 2 is 2.18 bits per heavy atom. The molecule has 0 aliphatic rings. The van der Waals surface area contributed by atoms with Crippen LogP contribution in [-0.2, 0) is 0 Å². The molecule has 1 aromatic heterocycles. The molecule has 1 aromatic rings. The number of thiophene rings is 1. The van der Waals surface area contributed by atoms with E-state index in [9.17, 15) is 9.90 Å². The third kappa shape index (κ3) is 3.85. The van der Waals surface area contributed by atoms with E-state index in [1.807, 2.05) is 13.8 Å². The summed E-state index contributed by atoms with van der Waals surface area (Å²) in [4.78, 5) is 11.8. The number of hydrogen-bond donors (Lipinski definition) is 2. The van der Waals surface area contributed by atoms with E-state index in [-0.39, 0.29) is 18.4 Å². The van der Waals surface area contributed by atoms with E-state index in [0.717, 1.165) is 11.3 Å². The van der Waals surface area contributed by atoms with Crippen molar-refractivity contribution in [2.45, 2.75) is 26.4 Å². The average Bonchev–Trinajstić information content (AvgIpc) is 2.54. The van der Waals surface area contributed by atoms with Gasteiger partial charge in [0.15, 0.2) is 0 Å². The number of hydrogen-bond acceptors (Lipinski definition) is 3. The fourth-order valence-electron chi connectivity index (χ4n) is 1.05. The highest BCUT2D eigenvalue weighted by Gasteiger charge is 2.26. The highest BCUT2D eigenvalue weighted by molar-refractivity contribution is 7.20. The largest absolute Gasteiger partial charge is 0.388 e. The van der Waals surface area contributed by atoms with Crippen LogP contribution in [0.5, 0.6) is 0 Å². The number of nitrogens with one attached hydrogen (secondary N) is 1. The Bertz CT molecular complexity index is 416. The molecule has 0 saturated heterocycles. The molecule has 0 radical (unpaired) electrons. The molecule has 0 fully saturated rings. The van der Waals surface area contributed by atoms with Crippen LogP contribution in [0.15, 0.2) is 6.07 Å². The van der Waals surface area contributed by atoms with Crippen molar-refractivity contribution in [2.75, 3.05) is 6.54 Å². The summed E-state index contributed by atoms with van der Waals surface area (Å²) in [7, 11) is 0. The molecule has 0 saturated carbocycles. The molecule has 17 heavy (non-hydrogen) atoms. The smallest absolute Gasteiger partial charge is 0.253 e. The molecule has 2 N–H and O–H groups in total. The second kappa shape index (κ2) is 5.57. The first-order valence-electron chi connectivity index (χ1n) is 5.19. The molecule has 6 heteroatoms. The lowest BCUT2D eigenvalue weighted by atomic mass is 9.92. The van der Waals surface area contributed by atoms with Crippen LogP contribution >= 0.6 is 34.5 Å². The van der Waals surface area contributed by atoms with Gasteiger partial charge < -0.3 is 10.4 Å². The van der Waals surface area contributed by atoms with Crippen LogP contribution in [0.1, 0.15) is 31.1 Å². The van der Waals surface area contributed by atoms with Crippen molar-refractivity contribution in [1.29, 1.82) is 0 Å². The van der Waals surface area contributed by atoms with Crippen LogP contribution in [0.3, 0.4) is 0 Å². The molecule has 0 aliphatic carbocycles. The zero-order chi connectivity index (χ0) is 13.2. The van der Waals surface area contributed by atoms with E-state index in [0.29, 0.717) is 14.2 Å².